The molecule has 63 heavy (non-hydrogen) atoms. The molecule has 0 radical (unpaired) electrons. The predicted octanol–water partition coefficient (Wildman–Crippen LogP) is 7.86. The minimum atomic E-state index is -0.679. The molecule has 0 spiro atoms. The molecule has 6 aromatic rings. The van der Waals surface area contributed by atoms with Crippen LogP contribution >= 0.6 is 23.2 Å². The first kappa shape index (κ1) is 47.8. The van der Waals surface area contributed by atoms with Gasteiger partial charge in [0.15, 0.2) is 5.82 Å². The highest BCUT2D eigenvalue weighted by Gasteiger charge is 2.24. The molecule has 2 aromatic heterocycles. The summed E-state index contributed by atoms with van der Waals surface area (Å²) in [7, 11) is 0. The van der Waals surface area contributed by atoms with Crippen LogP contribution in [0.3, 0.4) is 0 Å². The maximum Gasteiger partial charge on any atom is 0.412 e. The molecule has 0 aliphatic rings. The van der Waals surface area contributed by atoms with E-state index in [4.69, 9.17) is 32.8 Å². The molecule has 2 heterocycles. The van der Waals surface area contributed by atoms with Crippen molar-refractivity contribution >= 4 is 80.7 Å². The molecule has 2 atom stereocenters. The molecule has 0 saturated carbocycles. The van der Waals surface area contributed by atoms with Gasteiger partial charge in [-0.15, -0.1) is 0 Å². The van der Waals surface area contributed by atoms with E-state index in [1.807, 2.05) is 91.9 Å². The second kappa shape index (κ2) is 24.4. The van der Waals surface area contributed by atoms with Gasteiger partial charge in [0.05, 0.1) is 18.7 Å². The van der Waals surface area contributed by atoms with Crippen LogP contribution in [0.1, 0.15) is 44.7 Å². The summed E-state index contributed by atoms with van der Waals surface area (Å²) in [5.74, 6) is 0.310. The highest BCUT2D eigenvalue weighted by Crippen LogP contribution is 2.21. The number of amides is 4. The van der Waals surface area contributed by atoms with Gasteiger partial charge in [0.1, 0.15) is 12.4 Å². The van der Waals surface area contributed by atoms with Gasteiger partial charge in [-0.3, -0.25) is 34.6 Å². The molecular weight excluding hydrogens is 847 g/mol. The summed E-state index contributed by atoms with van der Waals surface area (Å²) < 4.78 is 5.39. The van der Waals surface area contributed by atoms with E-state index >= 15 is 0 Å². The van der Waals surface area contributed by atoms with Crippen molar-refractivity contribution in [3.8, 4) is 0 Å². The number of carbonyl (C=O) groups is 4. The van der Waals surface area contributed by atoms with Gasteiger partial charge in [0.2, 0.25) is 18.2 Å². The number of carbonyl (C=O) groups excluding carboxylic acids is 4. The summed E-state index contributed by atoms with van der Waals surface area (Å²) in [5, 5.41) is 20.8. The number of pyridine rings is 2. The van der Waals surface area contributed by atoms with E-state index in [0.29, 0.717) is 54.0 Å². The van der Waals surface area contributed by atoms with Gasteiger partial charge in [-0.1, -0.05) is 108 Å². The number of halogens is 2. The lowest BCUT2D eigenvalue weighted by molar-refractivity contribution is -0.137. The Bertz CT molecular complexity index is 2460. The lowest BCUT2D eigenvalue weighted by Crippen LogP contribution is -2.50. The third-order valence-corrected chi connectivity index (χ3v) is 10.4. The van der Waals surface area contributed by atoms with Gasteiger partial charge in [0.25, 0.3) is 0 Å². The van der Waals surface area contributed by atoms with Crippen molar-refractivity contribution < 1.29 is 33.9 Å². The van der Waals surface area contributed by atoms with Crippen molar-refractivity contribution in [1.82, 2.24) is 30.8 Å². The number of aromatic nitrogens is 2. The van der Waals surface area contributed by atoms with E-state index in [9.17, 15) is 24.3 Å². The zero-order valence-electron chi connectivity index (χ0n) is 35.1. The van der Waals surface area contributed by atoms with Gasteiger partial charge >= 0.3 is 6.09 Å². The number of nitrogens with zero attached hydrogens (tertiary/aromatic N) is 5. The minimum absolute atomic E-state index is 0.0417. The van der Waals surface area contributed by atoms with Crippen LogP contribution in [-0.2, 0) is 37.0 Å². The maximum absolute atomic E-state index is 12.4. The number of hydrogen-bond donors (Lipinski definition) is 4. The Morgan fingerprint density at radius 3 is 1.81 bits per heavy atom. The number of rotatable bonds is 19. The molecule has 4 amide bonds. The molecule has 0 unspecified atom stereocenters. The molecule has 17 heteroatoms. The van der Waals surface area contributed by atoms with E-state index in [1.54, 1.807) is 36.7 Å². The van der Waals surface area contributed by atoms with E-state index in [2.05, 4.69) is 26.1 Å². The number of fused-ring (bicyclic) bond motifs is 2. The van der Waals surface area contributed by atoms with Crippen LogP contribution in [0.25, 0.3) is 21.5 Å². The van der Waals surface area contributed by atoms with Crippen LogP contribution in [-0.4, -0.2) is 81.3 Å². The number of benzene rings is 4. The Kier molecular flexibility index (Phi) is 18.6. The number of nitrogens with one attached hydrogen (secondary N) is 3. The molecule has 6 rings (SSSR count). The number of aliphatic hydroxyl groups excluding tert-OH is 1. The van der Waals surface area contributed by atoms with Crippen LogP contribution in [0.15, 0.2) is 122 Å². The molecule has 4 N–H and O–H groups in total. The summed E-state index contributed by atoms with van der Waals surface area (Å²) in [6.07, 6.45) is 4.11. The number of hydrazine groups is 2. The fourth-order valence-corrected chi connectivity index (χ4v) is 6.79. The van der Waals surface area contributed by atoms with Crippen molar-refractivity contribution in [2.75, 3.05) is 30.2 Å². The van der Waals surface area contributed by atoms with Gasteiger partial charge < -0.3 is 9.84 Å². The second-order valence-electron chi connectivity index (χ2n) is 14.3. The van der Waals surface area contributed by atoms with Crippen LogP contribution in [0.5, 0.6) is 0 Å². The molecule has 330 valence electrons. The monoisotopic (exact) mass is 896 g/mol. The predicted molar refractivity (Wildman–Crippen MR) is 244 cm³/mol. The molecule has 0 aliphatic carbocycles. The third-order valence-electron chi connectivity index (χ3n) is 9.64. The fraction of sp³-hybridized carbons (Fsp3) is 0.261. The summed E-state index contributed by atoms with van der Waals surface area (Å²) in [6.45, 7) is 5.38. The first-order chi connectivity index (χ1) is 30.5. The van der Waals surface area contributed by atoms with Crippen LogP contribution in [0.4, 0.5) is 16.4 Å². The van der Waals surface area contributed by atoms with Crippen molar-refractivity contribution in [2.45, 2.75) is 58.8 Å². The fourth-order valence-electron chi connectivity index (χ4n) is 6.38. The van der Waals surface area contributed by atoms with E-state index in [1.165, 1.54) is 23.9 Å². The first-order valence-electron chi connectivity index (χ1n) is 20.1. The van der Waals surface area contributed by atoms with Crippen molar-refractivity contribution in [2.24, 2.45) is 0 Å². The highest BCUT2D eigenvalue weighted by atomic mass is 35.5. The molecule has 0 bridgehead atoms. The van der Waals surface area contributed by atoms with Crippen LogP contribution < -0.4 is 21.2 Å². The first-order valence-corrected chi connectivity index (χ1v) is 20.9. The Balaban J connectivity index is 0.000000239. The third kappa shape index (κ3) is 14.4. The van der Waals surface area contributed by atoms with Crippen molar-refractivity contribution in [3.63, 3.8) is 0 Å². The van der Waals surface area contributed by atoms with E-state index in [-0.39, 0.29) is 37.7 Å². The SMILES string of the molecule is CC(=O)N(NCc1ccccc1Cl)[C@@H](C)CON(C=O)c1cc2ccccc2cn1.CC(=O)N(NCc1ccccc1Cl)[C@@H](CCCO)COC(=O)Nc1cc2ccccc2cn1. The molecule has 0 fully saturated rings. The van der Waals surface area contributed by atoms with Gasteiger partial charge in [-0.2, -0.15) is 5.06 Å². The molecule has 4 aromatic carbocycles. The Hall–Kier alpha value is -6.20. The van der Waals surface area contributed by atoms with Crippen LogP contribution in [0, 0.1) is 0 Å². The summed E-state index contributed by atoms with van der Waals surface area (Å²) in [4.78, 5) is 62.5. The topological polar surface area (TPSA) is 179 Å². The normalized spacial score (nSPS) is 11.8. The van der Waals surface area contributed by atoms with Gasteiger partial charge in [-0.05, 0) is 65.9 Å². The number of hydrogen-bond acceptors (Lipinski definition) is 11. The van der Waals surface area contributed by atoms with Crippen molar-refractivity contribution in [1.29, 1.82) is 0 Å². The summed E-state index contributed by atoms with van der Waals surface area (Å²) >= 11 is 12.4. The van der Waals surface area contributed by atoms with Gasteiger partial charge in [0, 0.05) is 66.8 Å². The number of hydroxylamine groups is 1. The average Bonchev–Trinajstić information content (AvgIpc) is 3.28. The van der Waals surface area contributed by atoms with Crippen molar-refractivity contribution in [3.05, 3.63) is 143 Å². The Morgan fingerprint density at radius 2 is 1.25 bits per heavy atom. The zero-order chi connectivity index (χ0) is 45.1. The molecule has 15 nitrogen and oxygen atoms in total. The number of ether oxygens (including phenoxy) is 1. The smallest absolute Gasteiger partial charge is 0.412 e. The summed E-state index contributed by atoms with van der Waals surface area (Å²) in [6, 6.07) is 32.8. The maximum atomic E-state index is 12.4. The average molecular weight is 898 g/mol. The zero-order valence-corrected chi connectivity index (χ0v) is 36.6. The van der Waals surface area contributed by atoms with E-state index in [0.717, 1.165) is 37.7 Å². The minimum Gasteiger partial charge on any atom is -0.447 e. The standard InChI is InChI=1S/C24H27ClN4O4.C22H23ClN4O3/c1-17(31)29(27-15-20-9-4-5-11-22(20)25)21(10-6-12-30)16-33-24(32)28-23-13-18-7-2-3-8-19(18)14-26-23;1-16(27(17(2)29)25-13-20-9-5-6-10-21(20)23)14-30-26(15-28)22-11-18-7-3-4-8-19(18)12-24-22/h2-5,7-9,11,13-14,21,27,30H,6,10,12,15-16H2,1H3,(H,26,28,32);3-12,15-16,25H,13-14H2,1-2H3/t21-;16-/m00/s1. The Labute approximate surface area is 375 Å². The lowest BCUT2D eigenvalue weighted by Gasteiger charge is -2.31. The molecule has 0 aliphatic heterocycles. The Morgan fingerprint density at radius 1 is 0.730 bits per heavy atom. The number of aliphatic hydroxyl groups is 1. The number of anilines is 2. The highest BCUT2D eigenvalue weighted by molar-refractivity contribution is 6.31. The molecular formula is C46H50Cl2N8O7. The van der Waals surface area contributed by atoms with E-state index < -0.39 is 12.1 Å². The summed E-state index contributed by atoms with van der Waals surface area (Å²) in [5.41, 5.74) is 7.85. The molecule has 0 saturated heterocycles. The lowest BCUT2D eigenvalue weighted by atomic mass is 10.1. The second-order valence-corrected chi connectivity index (χ2v) is 15.1. The largest absolute Gasteiger partial charge is 0.447 e. The quantitative estimate of drug-likeness (QED) is 0.0460. The van der Waals surface area contributed by atoms with Gasteiger partial charge in [-0.25, -0.2) is 25.6 Å². The van der Waals surface area contributed by atoms with Crippen LogP contribution in [0.2, 0.25) is 10.0 Å².